The van der Waals surface area contributed by atoms with Crippen molar-refractivity contribution in [2.75, 3.05) is 11.9 Å². The largest absolute Gasteiger partial charge is 0.454 e. The van der Waals surface area contributed by atoms with Gasteiger partial charge in [0.2, 0.25) is 11.8 Å². The van der Waals surface area contributed by atoms with Crippen molar-refractivity contribution in [2.24, 2.45) is 23.7 Å². The van der Waals surface area contributed by atoms with Gasteiger partial charge in [-0.25, -0.2) is 4.79 Å². The Morgan fingerprint density at radius 2 is 1.59 bits per heavy atom. The number of carbonyl (C=O) groups excluding carboxylic acids is 4. The molecule has 1 N–H and O–H groups in total. The number of nitrogens with zero attached hydrogens (tertiary/aromatic N) is 1. The van der Waals surface area contributed by atoms with Crippen LogP contribution in [0.2, 0.25) is 5.02 Å². The number of ether oxygens (including phenoxy) is 1. The summed E-state index contributed by atoms with van der Waals surface area (Å²) in [7, 11) is 0. The van der Waals surface area contributed by atoms with Crippen LogP contribution in [0.1, 0.15) is 24.8 Å². The maximum Gasteiger partial charge on any atom is 0.330 e. The number of fused-ring (bicyclic) bond motifs is 5. The van der Waals surface area contributed by atoms with Crippen LogP contribution in [0.4, 0.5) is 5.69 Å². The minimum absolute atomic E-state index is 0.144. The third kappa shape index (κ3) is 4.20. The first kappa shape index (κ1) is 22.6. The minimum atomic E-state index is -1.10. The number of anilines is 1. The van der Waals surface area contributed by atoms with E-state index in [1.54, 1.807) is 24.3 Å². The van der Waals surface area contributed by atoms with Gasteiger partial charge in [0.15, 0.2) is 6.61 Å². The van der Waals surface area contributed by atoms with Crippen LogP contribution >= 0.6 is 11.6 Å². The van der Waals surface area contributed by atoms with Crippen LogP contribution in [-0.4, -0.2) is 41.2 Å². The SMILES string of the molecule is O=C(COC(=O)[C@H](Cc1ccccc1)N1C(=O)[C@H]2[C@H]3CC[C@@H](C3)[C@@H]2C1=O)Nc1ccc(Cl)cc1. The van der Waals surface area contributed by atoms with Crippen molar-refractivity contribution in [3.05, 3.63) is 65.2 Å². The molecule has 2 bridgehead atoms. The predicted molar refractivity (Wildman–Crippen MR) is 125 cm³/mol. The summed E-state index contributed by atoms with van der Waals surface area (Å²) in [6, 6.07) is 14.6. The first-order chi connectivity index (χ1) is 16.4. The van der Waals surface area contributed by atoms with E-state index >= 15 is 0 Å². The monoisotopic (exact) mass is 480 g/mol. The first-order valence-electron chi connectivity index (χ1n) is 11.6. The van der Waals surface area contributed by atoms with Crippen LogP contribution in [0.3, 0.4) is 0 Å². The number of esters is 1. The number of amides is 3. The van der Waals surface area contributed by atoms with Crippen molar-refractivity contribution in [1.29, 1.82) is 0 Å². The van der Waals surface area contributed by atoms with Gasteiger partial charge in [0.05, 0.1) is 11.8 Å². The number of hydrogen-bond acceptors (Lipinski definition) is 5. The summed E-state index contributed by atoms with van der Waals surface area (Å²) < 4.78 is 5.31. The fraction of sp³-hybridized carbons (Fsp3) is 0.385. The number of hydrogen-bond donors (Lipinski definition) is 1. The van der Waals surface area contributed by atoms with Gasteiger partial charge in [0.25, 0.3) is 5.91 Å². The van der Waals surface area contributed by atoms with E-state index in [0.29, 0.717) is 10.7 Å². The highest BCUT2D eigenvalue weighted by Crippen LogP contribution is 2.56. The highest BCUT2D eigenvalue weighted by Gasteiger charge is 2.62. The number of halogens is 1. The summed E-state index contributed by atoms with van der Waals surface area (Å²) in [5.41, 5.74) is 1.31. The zero-order chi connectivity index (χ0) is 23.8. The molecule has 2 aromatic rings. The van der Waals surface area contributed by atoms with Crippen molar-refractivity contribution in [2.45, 2.75) is 31.7 Å². The van der Waals surface area contributed by atoms with E-state index in [9.17, 15) is 19.2 Å². The second kappa shape index (κ2) is 9.22. The number of benzene rings is 2. The molecular weight excluding hydrogens is 456 g/mol. The Balaban J connectivity index is 1.31. The topological polar surface area (TPSA) is 92.8 Å². The Morgan fingerprint density at radius 1 is 0.971 bits per heavy atom. The highest BCUT2D eigenvalue weighted by atomic mass is 35.5. The molecule has 1 aliphatic heterocycles. The number of carbonyl (C=O) groups is 4. The van der Waals surface area contributed by atoms with Gasteiger partial charge in [-0.05, 0) is 60.9 Å². The molecule has 34 heavy (non-hydrogen) atoms. The maximum absolute atomic E-state index is 13.3. The summed E-state index contributed by atoms with van der Waals surface area (Å²) >= 11 is 5.85. The van der Waals surface area contributed by atoms with Crippen molar-refractivity contribution in [3.63, 3.8) is 0 Å². The van der Waals surface area contributed by atoms with Gasteiger partial charge < -0.3 is 10.1 Å². The van der Waals surface area contributed by atoms with Crippen LogP contribution in [-0.2, 0) is 30.3 Å². The molecule has 7 nitrogen and oxygen atoms in total. The smallest absolute Gasteiger partial charge is 0.330 e. The fourth-order valence-corrected chi connectivity index (χ4v) is 5.95. The summed E-state index contributed by atoms with van der Waals surface area (Å²) in [6.07, 6.45) is 2.97. The third-order valence-corrected chi connectivity index (χ3v) is 7.54. The summed E-state index contributed by atoms with van der Waals surface area (Å²) in [6.45, 7) is -0.527. The Bertz CT molecular complexity index is 1090. The molecule has 3 aliphatic rings. The minimum Gasteiger partial charge on any atom is -0.454 e. The van der Waals surface area contributed by atoms with E-state index in [0.717, 1.165) is 29.7 Å². The number of rotatable bonds is 7. The maximum atomic E-state index is 13.3. The zero-order valence-electron chi connectivity index (χ0n) is 18.5. The summed E-state index contributed by atoms with van der Waals surface area (Å²) in [5.74, 6) is -2.05. The quantitative estimate of drug-likeness (QED) is 0.484. The van der Waals surface area contributed by atoms with Gasteiger partial charge in [-0.1, -0.05) is 41.9 Å². The fourth-order valence-electron chi connectivity index (χ4n) is 5.82. The average molecular weight is 481 g/mol. The molecule has 3 amide bonds. The first-order valence-corrected chi connectivity index (χ1v) is 11.9. The number of imide groups is 1. The van der Waals surface area contributed by atoms with Crippen LogP contribution in [0.15, 0.2) is 54.6 Å². The molecule has 5 rings (SSSR count). The summed E-state index contributed by atoms with van der Waals surface area (Å²) in [5, 5.41) is 3.16. The molecule has 1 saturated heterocycles. The lowest BCUT2D eigenvalue weighted by Gasteiger charge is -2.26. The molecule has 2 aromatic carbocycles. The molecular formula is C26H25ClN2O5. The van der Waals surface area contributed by atoms with Crippen LogP contribution < -0.4 is 5.32 Å². The van der Waals surface area contributed by atoms with E-state index < -0.39 is 24.5 Å². The van der Waals surface area contributed by atoms with Crippen LogP contribution in [0.25, 0.3) is 0 Å². The second-order valence-electron chi connectivity index (χ2n) is 9.30. The lowest BCUT2D eigenvalue weighted by Crippen LogP contribution is -2.48. The molecule has 8 heteroatoms. The van der Waals surface area contributed by atoms with Crippen LogP contribution in [0.5, 0.6) is 0 Å². The van der Waals surface area contributed by atoms with Gasteiger partial charge in [0.1, 0.15) is 6.04 Å². The predicted octanol–water partition coefficient (Wildman–Crippen LogP) is 3.46. The average Bonchev–Trinajstić information content (AvgIpc) is 3.52. The van der Waals surface area contributed by atoms with Gasteiger partial charge in [0, 0.05) is 17.1 Å². The van der Waals surface area contributed by atoms with Gasteiger partial charge in [-0.15, -0.1) is 0 Å². The Morgan fingerprint density at radius 3 is 2.21 bits per heavy atom. The normalized spacial score (nSPS) is 25.9. The molecule has 0 unspecified atom stereocenters. The molecule has 3 fully saturated rings. The van der Waals surface area contributed by atoms with Crippen molar-refractivity contribution in [3.8, 4) is 0 Å². The molecule has 0 spiro atoms. The Hall–Kier alpha value is -3.19. The molecule has 2 saturated carbocycles. The van der Waals surface area contributed by atoms with Gasteiger partial charge in [-0.2, -0.15) is 0 Å². The lowest BCUT2D eigenvalue weighted by molar-refractivity contribution is -0.160. The van der Waals surface area contributed by atoms with Crippen LogP contribution in [0, 0.1) is 23.7 Å². The lowest BCUT2D eigenvalue weighted by atomic mass is 9.81. The highest BCUT2D eigenvalue weighted by molar-refractivity contribution is 6.30. The van der Waals surface area contributed by atoms with Crippen molar-refractivity contribution in [1.82, 2.24) is 4.90 Å². The van der Waals surface area contributed by atoms with Gasteiger partial charge in [-0.3, -0.25) is 19.3 Å². The Labute approximate surface area is 202 Å². The molecule has 176 valence electrons. The van der Waals surface area contributed by atoms with Gasteiger partial charge >= 0.3 is 5.97 Å². The number of likely N-dealkylation sites (tertiary alicyclic amines) is 1. The van der Waals surface area contributed by atoms with E-state index in [1.165, 1.54) is 0 Å². The summed E-state index contributed by atoms with van der Waals surface area (Å²) in [4.78, 5) is 53.3. The molecule has 0 radical (unpaired) electrons. The standard InChI is InChI=1S/C26H25ClN2O5/c27-18-8-10-19(11-9-18)28-21(30)14-34-26(33)20(12-15-4-2-1-3-5-15)29-24(31)22-16-6-7-17(13-16)23(22)25(29)32/h1-5,8-11,16-17,20,22-23H,6-7,12-14H2,(H,28,30)/t16-,17-,20-,22-,23-/m0/s1. The molecule has 0 aromatic heterocycles. The zero-order valence-corrected chi connectivity index (χ0v) is 19.2. The van der Waals surface area contributed by atoms with E-state index in [4.69, 9.17) is 16.3 Å². The van der Waals surface area contributed by atoms with E-state index in [-0.39, 0.29) is 41.9 Å². The van der Waals surface area contributed by atoms with E-state index in [1.807, 2.05) is 30.3 Å². The molecule has 1 heterocycles. The van der Waals surface area contributed by atoms with E-state index in [2.05, 4.69) is 5.32 Å². The molecule has 2 aliphatic carbocycles. The Kier molecular flexibility index (Phi) is 6.13. The second-order valence-corrected chi connectivity index (χ2v) is 9.74. The van der Waals surface area contributed by atoms with Crippen molar-refractivity contribution >= 4 is 41.0 Å². The molecule has 5 atom stereocenters. The van der Waals surface area contributed by atoms with Crippen molar-refractivity contribution < 1.29 is 23.9 Å². The number of nitrogens with one attached hydrogen (secondary N) is 1. The third-order valence-electron chi connectivity index (χ3n) is 7.29.